The number of benzene rings is 1. The van der Waals surface area contributed by atoms with Gasteiger partial charge < -0.3 is 10.4 Å². The van der Waals surface area contributed by atoms with Crippen molar-refractivity contribution in [2.75, 3.05) is 13.1 Å². The summed E-state index contributed by atoms with van der Waals surface area (Å²) in [4.78, 5) is 0. The first-order chi connectivity index (χ1) is 6.84. The summed E-state index contributed by atoms with van der Waals surface area (Å²) in [5, 5.41) is 12.6. The van der Waals surface area contributed by atoms with Crippen molar-refractivity contribution in [3.63, 3.8) is 0 Å². The van der Waals surface area contributed by atoms with Crippen LogP contribution in [0.3, 0.4) is 0 Å². The molecule has 14 heavy (non-hydrogen) atoms. The summed E-state index contributed by atoms with van der Waals surface area (Å²) in [7, 11) is 0. The molecule has 2 nitrogen and oxygen atoms in total. The fourth-order valence-corrected chi connectivity index (χ4v) is 1.74. The third-order valence-corrected chi connectivity index (χ3v) is 2.49. The lowest BCUT2D eigenvalue weighted by atomic mass is 10.0. The molecule has 0 radical (unpaired) electrons. The molecule has 1 aromatic carbocycles. The minimum Gasteiger partial charge on any atom is -0.508 e. The molecule has 1 aliphatic rings. The zero-order valence-electron chi connectivity index (χ0n) is 8.16. The van der Waals surface area contributed by atoms with Crippen LogP contribution >= 0.6 is 0 Å². The van der Waals surface area contributed by atoms with E-state index < -0.39 is 0 Å². The highest BCUT2D eigenvalue weighted by Gasteiger charge is 2.03. The standard InChI is InChI=1S/C12H15NO/c14-12-3-1-2-11(9-12)8-10-4-6-13-7-5-10/h1-3,8-9,13-14H,4-7H2. The second-order valence-electron chi connectivity index (χ2n) is 3.65. The van der Waals surface area contributed by atoms with Crippen molar-refractivity contribution in [3.05, 3.63) is 35.4 Å². The van der Waals surface area contributed by atoms with Crippen LogP contribution in [0.15, 0.2) is 29.8 Å². The molecule has 0 atom stereocenters. The fourth-order valence-electron chi connectivity index (χ4n) is 1.74. The van der Waals surface area contributed by atoms with Gasteiger partial charge in [0.2, 0.25) is 0 Å². The molecule has 0 aromatic heterocycles. The number of nitrogens with one attached hydrogen (secondary N) is 1. The van der Waals surface area contributed by atoms with Crippen LogP contribution in [0, 0.1) is 0 Å². The van der Waals surface area contributed by atoms with Gasteiger partial charge in [-0.2, -0.15) is 0 Å². The molecular formula is C12H15NO. The van der Waals surface area contributed by atoms with Gasteiger partial charge in [-0.25, -0.2) is 0 Å². The van der Waals surface area contributed by atoms with Gasteiger partial charge in [0.05, 0.1) is 0 Å². The van der Waals surface area contributed by atoms with E-state index in [9.17, 15) is 5.11 Å². The smallest absolute Gasteiger partial charge is 0.116 e. The minimum atomic E-state index is 0.341. The van der Waals surface area contributed by atoms with Crippen LogP contribution in [0.1, 0.15) is 18.4 Å². The minimum absolute atomic E-state index is 0.341. The van der Waals surface area contributed by atoms with E-state index in [1.807, 2.05) is 12.1 Å². The maximum Gasteiger partial charge on any atom is 0.116 e. The van der Waals surface area contributed by atoms with Gasteiger partial charge in [0.25, 0.3) is 0 Å². The molecule has 2 N–H and O–H groups in total. The van der Waals surface area contributed by atoms with Crippen LogP contribution in [0.25, 0.3) is 6.08 Å². The molecule has 74 valence electrons. The highest BCUT2D eigenvalue weighted by molar-refractivity contribution is 5.54. The van der Waals surface area contributed by atoms with Crippen molar-refractivity contribution in [1.82, 2.24) is 5.32 Å². The van der Waals surface area contributed by atoms with Crippen molar-refractivity contribution in [2.24, 2.45) is 0 Å². The predicted octanol–water partition coefficient (Wildman–Crippen LogP) is 2.16. The van der Waals surface area contributed by atoms with Crippen molar-refractivity contribution in [3.8, 4) is 5.75 Å². The molecule has 2 heteroatoms. The van der Waals surface area contributed by atoms with Crippen LogP contribution in [-0.2, 0) is 0 Å². The molecule has 2 rings (SSSR count). The lowest BCUT2D eigenvalue weighted by Crippen LogP contribution is -2.22. The van der Waals surface area contributed by atoms with Gasteiger partial charge in [-0.05, 0) is 43.6 Å². The van der Waals surface area contributed by atoms with Crippen LogP contribution in [0.5, 0.6) is 5.75 Å². The van der Waals surface area contributed by atoms with Crippen LogP contribution in [-0.4, -0.2) is 18.2 Å². The zero-order chi connectivity index (χ0) is 9.80. The number of rotatable bonds is 1. The largest absolute Gasteiger partial charge is 0.508 e. The number of phenolic OH excluding ortho intramolecular Hbond substituents is 1. The van der Waals surface area contributed by atoms with Gasteiger partial charge in [0.15, 0.2) is 0 Å². The maximum atomic E-state index is 9.30. The van der Waals surface area contributed by atoms with Gasteiger partial charge in [-0.15, -0.1) is 0 Å². The number of phenols is 1. The van der Waals surface area contributed by atoms with E-state index in [2.05, 4.69) is 11.4 Å². The van der Waals surface area contributed by atoms with Gasteiger partial charge >= 0.3 is 0 Å². The number of piperidine rings is 1. The predicted molar refractivity (Wildman–Crippen MR) is 58.2 cm³/mol. The van der Waals surface area contributed by atoms with Crippen molar-refractivity contribution in [2.45, 2.75) is 12.8 Å². The van der Waals surface area contributed by atoms with Gasteiger partial charge in [0.1, 0.15) is 5.75 Å². The highest BCUT2D eigenvalue weighted by atomic mass is 16.3. The second-order valence-corrected chi connectivity index (χ2v) is 3.65. The normalized spacial score (nSPS) is 16.7. The zero-order valence-corrected chi connectivity index (χ0v) is 8.16. The van der Waals surface area contributed by atoms with E-state index in [0.717, 1.165) is 31.5 Å². The van der Waals surface area contributed by atoms with Crippen molar-refractivity contribution in [1.29, 1.82) is 0 Å². The Morgan fingerprint density at radius 2 is 2.00 bits per heavy atom. The Morgan fingerprint density at radius 3 is 2.71 bits per heavy atom. The molecule has 1 saturated heterocycles. The fraction of sp³-hybridized carbons (Fsp3) is 0.333. The van der Waals surface area contributed by atoms with E-state index in [-0.39, 0.29) is 0 Å². The van der Waals surface area contributed by atoms with E-state index in [0.29, 0.717) is 5.75 Å². The Bertz CT molecular complexity index is 336. The maximum absolute atomic E-state index is 9.30. The molecule has 1 aliphatic heterocycles. The summed E-state index contributed by atoms with van der Waals surface area (Å²) in [5.41, 5.74) is 2.57. The van der Waals surface area contributed by atoms with Crippen molar-refractivity contribution < 1.29 is 5.11 Å². The summed E-state index contributed by atoms with van der Waals surface area (Å²) >= 11 is 0. The first-order valence-corrected chi connectivity index (χ1v) is 5.04. The van der Waals surface area contributed by atoms with Gasteiger partial charge in [0, 0.05) is 0 Å². The summed E-state index contributed by atoms with van der Waals surface area (Å²) in [5.74, 6) is 0.341. The van der Waals surface area contributed by atoms with E-state index in [1.165, 1.54) is 5.57 Å². The third-order valence-electron chi connectivity index (χ3n) is 2.49. The third kappa shape index (κ3) is 2.36. The molecule has 0 amide bonds. The molecule has 0 unspecified atom stereocenters. The topological polar surface area (TPSA) is 32.3 Å². The Morgan fingerprint density at radius 1 is 1.21 bits per heavy atom. The van der Waals surface area contributed by atoms with Crippen LogP contribution in [0.2, 0.25) is 0 Å². The van der Waals surface area contributed by atoms with Crippen LogP contribution in [0.4, 0.5) is 0 Å². The number of aromatic hydroxyl groups is 1. The quantitative estimate of drug-likeness (QED) is 0.709. The molecular weight excluding hydrogens is 174 g/mol. The highest BCUT2D eigenvalue weighted by Crippen LogP contribution is 2.18. The Labute approximate surface area is 84.3 Å². The average Bonchev–Trinajstić information content (AvgIpc) is 2.19. The lowest BCUT2D eigenvalue weighted by molar-refractivity contribution is 0.475. The molecule has 0 spiro atoms. The summed E-state index contributed by atoms with van der Waals surface area (Å²) in [6.45, 7) is 2.15. The first-order valence-electron chi connectivity index (χ1n) is 5.04. The van der Waals surface area contributed by atoms with E-state index in [1.54, 1.807) is 12.1 Å². The lowest BCUT2D eigenvalue weighted by Gasteiger charge is -2.15. The average molecular weight is 189 g/mol. The number of hydrogen-bond acceptors (Lipinski definition) is 2. The summed E-state index contributed by atoms with van der Waals surface area (Å²) in [6.07, 6.45) is 4.42. The Kier molecular flexibility index (Phi) is 2.84. The van der Waals surface area contributed by atoms with E-state index >= 15 is 0 Å². The SMILES string of the molecule is Oc1cccc(C=C2CCNCC2)c1. The van der Waals surface area contributed by atoms with Crippen LogP contribution < -0.4 is 5.32 Å². The molecule has 1 heterocycles. The number of hydrogen-bond donors (Lipinski definition) is 2. The summed E-state index contributed by atoms with van der Waals surface area (Å²) < 4.78 is 0. The van der Waals surface area contributed by atoms with Gasteiger partial charge in [-0.1, -0.05) is 23.8 Å². The second kappa shape index (κ2) is 4.29. The van der Waals surface area contributed by atoms with Crippen molar-refractivity contribution >= 4 is 6.08 Å². The molecule has 1 aromatic rings. The Balaban J connectivity index is 2.15. The summed E-state index contributed by atoms with van der Waals surface area (Å²) in [6, 6.07) is 7.40. The van der Waals surface area contributed by atoms with E-state index in [4.69, 9.17) is 0 Å². The molecule has 0 bridgehead atoms. The molecule has 0 saturated carbocycles. The first kappa shape index (κ1) is 9.28. The molecule has 0 aliphatic carbocycles. The molecule has 1 fully saturated rings. The Hall–Kier alpha value is -1.28. The monoisotopic (exact) mass is 189 g/mol. The van der Waals surface area contributed by atoms with Gasteiger partial charge in [-0.3, -0.25) is 0 Å².